The highest BCUT2D eigenvalue weighted by molar-refractivity contribution is 6.30. The van der Waals surface area contributed by atoms with E-state index in [-0.39, 0.29) is 16.1 Å². The van der Waals surface area contributed by atoms with E-state index in [1.165, 1.54) is 12.1 Å². The fraction of sp³-hybridized carbons (Fsp3) is 0.235. The van der Waals surface area contributed by atoms with Crippen LogP contribution in [0.1, 0.15) is 37.2 Å². The molecule has 44 heavy (non-hydrogen) atoms. The third kappa shape index (κ3) is 7.12. The molecule has 1 aliphatic rings. The second-order valence-electron chi connectivity index (χ2n) is 10.3. The summed E-state index contributed by atoms with van der Waals surface area (Å²) in [6.45, 7) is 3.16. The van der Waals surface area contributed by atoms with Crippen LogP contribution in [0.2, 0.25) is 5.02 Å². The first-order valence-corrected chi connectivity index (χ1v) is 14.2. The third-order valence-electron chi connectivity index (χ3n) is 7.21. The van der Waals surface area contributed by atoms with E-state index in [0.29, 0.717) is 48.5 Å². The molecule has 0 aliphatic carbocycles. The fourth-order valence-electron chi connectivity index (χ4n) is 4.91. The highest BCUT2D eigenvalue weighted by Gasteiger charge is 2.41. The van der Waals surface area contributed by atoms with Crippen LogP contribution >= 0.6 is 11.6 Å². The number of ether oxygens (including phenoxy) is 3. The molecule has 230 valence electrons. The summed E-state index contributed by atoms with van der Waals surface area (Å²) in [6.07, 6.45) is 1.06. The van der Waals surface area contributed by atoms with E-state index in [9.17, 15) is 22.0 Å². The lowest BCUT2D eigenvalue weighted by atomic mass is 9.97. The van der Waals surface area contributed by atoms with Crippen molar-refractivity contribution >= 4 is 11.6 Å². The summed E-state index contributed by atoms with van der Waals surface area (Å²) in [7, 11) is 0. The minimum atomic E-state index is -4.51. The van der Waals surface area contributed by atoms with E-state index in [2.05, 4.69) is 10.8 Å². The molecule has 0 atom stereocenters. The molecule has 10 heteroatoms. The molecule has 0 bridgehead atoms. The van der Waals surface area contributed by atoms with Gasteiger partial charge in [-0.3, -0.25) is 0 Å². The molecule has 0 spiro atoms. The number of hydrogen-bond acceptors (Lipinski definition) is 3. The Balaban J connectivity index is 1.29. The quantitative estimate of drug-likeness (QED) is 0.136. The zero-order valence-electron chi connectivity index (χ0n) is 23.4. The zero-order chi connectivity index (χ0) is 31.4. The molecule has 5 rings (SSSR count). The van der Waals surface area contributed by atoms with E-state index in [1.807, 2.05) is 25.1 Å². The molecule has 1 saturated heterocycles. The molecular formula is C34H27ClF6O3. The van der Waals surface area contributed by atoms with Crippen LogP contribution in [0.5, 0.6) is 5.75 Å². The van der Waals surface area contributed by atoms with Gasteiger partial charge in [0.05, 0.1) is 18.2 Å². The second kappa shape index (κ2) is 13.5. The predicted octanol–water partition coefficient (Wildman–Crippen LogP) is 10.4. The standard InChI is InChI=1S/C34H27ClF6O3/c1-2-3-4-5-20-18-42-33(43-19-20)22-8-6-21(7-9-22)23-10-12-26(28(36)14-23)24-15-30(38)32(31(39)16-24)34(40,41)44-25-11-13-27(35)29(37)17-25/h2-3,6-17,20,33H,4-5,18-19H2,1H3. The van der Waals surface area contributed by atoms with E-state index in [1.54, 1.807) is 18.2 Å². The van der Waals surface area contributed by atoms with Crippen LogP contribution in [0.3, 0.4) is 0 Å². The monoisotopic (exact) mass is 632 g/mol. The second-order valence-corrected chi connectivity index (χ2v) is 10.7. The topological polar surface area (TPSA) is 27.7 Å². The van der Waals surface area contributed by atoms with Crippen LogP contribution < -0.4 is 4.74 Å². The normalized spacial score (nSPS) is 17.3. The van der Waals surface area contributed by atoms with E-state index < -0.39 is 47.0 Å². The molecule has 3 nitrogen and oxygen atoms in total. The third-order valence-corrected chi connectivity index (χ3v) is 7.52. The van der Waals surface area contributed by atoms with Crippen LogP contribution in [0.25, 0.3) is 22.3 Å². The van der Waals surface area contributed by atoms with Crippen molar-refractivity contribution < 1.29 is 40.6 Å². The lowest BCUT2D eigenvalue weighted by molar-refractivity contribution is -0.205. The molecule has 0 amide bonds. The molecular weight excluding hydrogens is 606 g/mol. The molecule has 1 aliphatic heterocycles. The molecule has 0 aromatic heterocycles. The maximum Gasteiger partial charge on any atom is 0.432 e. The first-order valence-electron chi connectivity index (χ1n) is 13.8. The number of rotatable bonds is 9. The predicted molar refractivity (Wildman–Crippen MR) is 155 cm³/mol. The minimum Gasteiger partial charge on any atom is -0.429 e. The van der Waals surface area contributed by atoms with E-state index in [0.717, 1.165) is 30.5 Å². The summed E-state index contributed by atoms with van der Waals surface area (Å²) in [5.74, 6) is -5.59. The SMILES string of the molecule is CC=CCCC1COC(c2ccc(-c3ccc(-c4cc(F)c(C(F)(F)Oc5ccc(Cl)c(F)c5)c(F)c4)c(F)c3)cc2)OC1. The fourth-order valence-corrected chi connectivity index (χ4v) is 5.03. The molecule has 1 fully saturated rings. The summed E-state index contributed by atoms with van der Waals surface area (Å²) in [5, 5.41) is -0.347. The van der Waals surface area contributed by atoms with Gasteiger partial charge in [-0.2, -0.15) is 8.78 Å². The van der Waals surface area contributed by atoms with Gasteiger partial charge in [-0.1, -0.05) is 60.2 Å². The van der Waals surface area contributed by atoms with Gasteiger partial charge in [0.15, 0.2) is 6.29 Å². The van der Waals surface area contributed by atoms with Crippen LogP contribution in [0.15, 0.2) is 84.9 Å². The Morgan fingerprint density at radius 2 is 1.43 bits per heavy atom. The minimum absolute atomic E-state index is 0.202. The number of hydrogen-bond donors (Lipinski definition) is 0. The van der Waals surface area contributed by atoms with Crippen LogP contribution in [-0.2, 0) is 15.6 Å². The van der Waals surface area contributed by atoms with Crippen molar-refractivity contribution in [1.29, 1.82) is 0 Å². The average molecular weight is 633 g/mol. The van der Waals surface area contributed by atoms with Crippen molar-refractivity contribution in [2.24, 2.45) is 5.92 Å². The Bertz CT molecular complexity index is 1630. The number of alkyl halides is 2. The Labute approximate surface area is 255 Å². The average Bonchev–Trinajstić information content (AvgIpc) is 2.99. The van der Waals surface area contributed by atoms with Crippen molar-refractivity contribution in [1.82, 2.24) is 0 Å². The lowest BCUT2D eigenvalue weighted by Crippen LogP contribution is -2.27. The van der Waals surface area contributed by atoms with Gasteiger partial charge >= 0.3 is 6.11 Å². The summed E-state index contributed by atoms with van der Waals surface area (Å²) in [5.41, 5.74) is -0.240. The number of allylic oxidation sites excluding steroid dienone is 2. The van der Waals surface area contributed by atoms with Crippen LogP contribution in [0.4, 0.5) is 26.3 Å². The van der Waals surface area contributed by atoms with E-state index in [4.69, 9.17) is 21.1 Å². The Kier molecular flexibility index (Phi) is 9.68. The molecule has 4 aromatic carbocycles. The number of halogens is 7. The summed E-state index contributed by atoms with van der Waals surface area (Å²) >= 11 is 5.53. The van der Waals surface area contributed by atoms with Crippen LogP contribution in [-0.4, -0.2) is 13.2 Å². The highest BCUT2D eigenvalue weighted by atomic mass is 35.5. The first kappa shape index (κ1) is 31.6. The van der Waals surface area contributed by atoms with Crippen LogP contribution in [0, 0.1) is 29.2 Å². The van der Waals surface area contributed by atoms with Crippen molar-refractivity contribution in [3.63, 3.8) is 0 Å². The van der Waals surface area contributed by atoms with Crippen molar-refractivity contribution in [2.45, 2.75) is 32.2 Å². The van der Waals surface area contributed by atoms with E-state index >= 15 is 4.39 Å². The molecule has 0 saturated carbocycles. The highest BCUT2D eigenvalue weighted by Crippen LogP contribution is 2.38. The Morgan fingerprint density at radius 3 is 2.05 bits per heavy atom. The first-order chi connectivity index (χ1) is 21.1. The molecule has 1 heterocycles. The summed E-state index contributed by atoms with van der Waals surface area (Å²) in [4.78, 5) is 0. The molecule has 0 unspecified atom stereocenters. The van der Waals surface area contributed by atoms with Gasteiger partial charge in [-0.05, 0) is 66.8 Å². The largest absolute Gasteiger partial charge is 0.432 e. The molecule has 0 N–H and O–H groups in total. The van der Waals surface area contributed by atoms with Crippen molar-refractivity contribution in [3.8, 4) is 28.0 Å². The van der Waals surface area contributed by atoms with Gasteiger partial charge in [0.2, 0.25) is 0 Å². The number of benzene rings is 4. The maximum atomic E-state index is 15.2. The van der Waals surface area contributed by atoms with Gasteiger partial charge in [-0.25, -0.2) is 17.6 Å². The van der Waals surface area contributed by atoms with Gasteiger partial charge < -0.3 is 14.2 Å². The lowest BCUT2D eigenvalue weighted by Gasteiger charge is -2.29. The van der Waals surface area contributed by atoms with Gasteiger partial charge in [0.1, 0.15) is 34.6 Å². The molecule has 4 aromatic rings. The zero-order valence-corrected chi connectivity index (χ0v) is 24.2. The van der Waals surface area contributed by atoms with Gasteiger partial charge in [-0.15, -0.1) is 0 Å². The summed E-state index contributed by atoms with van der Waals surface area (Å²) < 4.78 is 104. The van der Waals surface area contributed by atoms with Crippen molar-refractivity contribution in [2.75, 3.05) is 13.2 Å². The Morgan fingerprint density at radius 1 is 0.795 bits per heavy atom. The Hall–Kier alpha value is -3.79. The molecule has 0 radical (unpaired) electrons. The van der Waals surface area contributed by atoms with Gasteiger partial charge in [0, 0.05) is 23.1 Å². The van der Waals surface area contributed by atoms with Crippen molar-refractivity contribution in [3.05, 3.63) is 124 Å². The smallest absolute Gasteiger partial charge is 0.429 e. The maximum absolute atomic E-state index is 15.2. The summed E-state index contributed by atoms with van der Waals surface area (Å²) in [6, 6.07) is 14.8. The van der Waals surface area contributed by atoms with Gasteiger partial charge in [0.25, 0.3) is 0 Å².